The minimum Gasteiger partial charge on any atom is -0.481 e. The predicted molar refractivity (Wildman–Crippen MR) is 109 cm³/mol. The molecule has 0 aromatic rings. The third kappa shape index (κ3) is 49.6. The normalized spacial score (nSPS) is 9.11. The van der Waals surface area contributed by atoms with Crippen LogP contribution in [0.4, 0.5) is 0 Å². The average Bonchev–Trinajstić information content (AvgIpc) is 2.60. The van der Waals surface area contributed by atoms with Gasteiger partial charge in [-0.1, -0.05) is 19.3 Å². The van der Waals surface area contributed by atoms with Crippen molar-refractivity contribution in [3.8, 4) is 0 Å². The summed E-state index contributed by atoms with van der Waals surface area (Å²) in [6.07, 6.45) is 8.72. The van der Waals surface area contributed by atoms with Crippen LogP contribution in [0.5, 0.6) is 0 Å². The Balaban J connectivity index is -0.000000152. The lowest BCUT2D eigenvalue weighted by molar-refractivity contribution is -0.138. The summed E-state index contributed by atoms with van der Waals surface area (Å²) < 4.78 is 0. The second-order valence-electron chi connectivity index (χ2n) is 5.98. The van der Waals surface area contributed by atoms with Gasteiger partial charge in [0.1, 0.15) is 0 Å². The van der Waals surface area contributed by atoms with Gasteiger partial charge in [-0.2, -0.15) is 0 Å². The number of nitrogens with two attached hydrogens (primary N) is 3. The van der Waals surface area contributed by atoms with Crippen molar-refractivity contribution in [3.05, 3.63) is 0 Å². The van der Waals surface area contributed by atoms with E-state index in [9.17, 15) is 14.4 Å². The fourth-order valence-corrected chi connectivity index (χ4v) is 1.79. The third-order valence-corrected chi connectivity index (χ3v) is 3.28. The van der Waals surface area contributed by atoms with Crippen LogP contribution >= 0.6 is 0 Å². The number of rotatable bonds is 15. The maximum absolute atomic E-state index is 9.93. The second-order valence-corrected chi connectivity index (χ2v) is 5.98. The van der Waals surface area contributed by atoms with Gasteiger partial charge in [-0.15, -0.1) is 0 Å². The second kappa shape index (κ2) is 30.0. The minimum absolute atomic E-state index is 0. The highest BCUT2D eigenvalue weighted by molar-refractivity contribution is 5.67. The summed E-state index contributed by atoms with van der Waals surface area (Å²) in [4.78, 5) is 29.8. The fraction of sp³-hybridized carbons (Fsp3) is 0.833. The van der Waals surface area contributed by atoms with Crippen LogP contribution in [0.1, 0.15) is 77.0 Å². The van der Waals surface area contributed by atoms with Crippen molar-refractivity contribution in [2.24, 2.45) is 17.2 Å². The maximum Gasteiger partial charge on any atom is 0.303 e. The highest BCUT2D eigenvalue weighted by Gasteiger charge is 1.95. The van der Waals surface area contributed by atoms with Crippen molar-refractivity contribution in [1.29, 1.82) is 0 Å². The molecule has 0 heterocycles. The topological polar surface area (TPSA) is 221 Å². The van der Waals surface area contributed by atoms with E-state index in [1.54, 1.807) is 0 Å². The van der Waals surface area contributed by atoms with E-state index in [0.29, 0.717) is 19.6 Å². The van der Waals surface area contributed by atoms with Crippen molar-refractivity contribution in [1.82, 2.24) is 0 Å². The zero-order valence-corrected chi connectivity index (χ0v) is 16.9. The van der Waals surface area contributed by atoms with Gasteiger partial charge in [0.2, 0.25) is 0 Å². The van der Waals surface area contributed by atoms with Crippen molar-refractivity contribution in [2.45, 2.75) is 77.0 Å². The van der Waals surface area contributed by atoms with Crippen LogP contribution in [0.15, 0.2) is 0 Å². The predicted octanol–water partition coefficient (Wildman–Crippen LogP) is 0.946. The van der Waals surface area contributed by atoms with E-state index in [0.717, 1.165) is 57.8 Å². The van der Waals surface area contributed by atoms with Gasteiger partial charge in [0.05, 0.1) is 0 Å². The molecule has 0 saturated heterocycles. The first-order valence-corrected chi connectivity index (χ1v) is 9.57. The van der Waals surface area contributed by atoms with Gasteiger partial charge in [0.15, 0.2) is 0 Å². The summed E-state index contributed by atoms with van der Waals surface area (Å²) in [6.45, 7) is 2.00. The van der Waals surface area contributed by atoms with Crippen molar-refractivity contribution < 1.29 is 35.2 Å². The molecular formula is C18H41N3O7. The Morgan fingerprint density at radius 2 is 0.679 bits per heavy atom. The third-order valence-electron chi connectivity index (χ3n) is 3.28. The molecule has 0 unspecified atom stereocenters. The van der Waals surface area contributed by atoms with Crippen LogP contribution in [0.25, 0.3) is 0 Å². The lowest BCUT2D eigenvalue weighted by Crippen LogP contribution is -1.99. The molecule has 10 heteroatoms. The van der Waals surface area contributed by atoms with Gasteiger partial charge < -0.3 is 38.0 Å². The fourth-order valence-electron chi connectivity index (χ4n) is 1.79. The van der Waals surface area contributed by atoms with E-state index < -0.39 is 17.9 Å². The number of hydrogen-bond donors (Lipinski definition) is 6. The summed E-state index contributed by atoms with van der Waals surface area (Å²) >= 11 is 0. The molecule has 0 fully saturated rings. The van der Waals surface area contributed by atoms with Crippen LogP contribution in [0, 0.1) is 0 Å². The van der Waals surface area contributed by atoms with Crippen LogP contribution in [-0.4, -0.2) is 58.3 Å². The molecule has 0 spiro atoms. The summed E-state index contributed by atoms with van der Waals surface area (Å²) in [6, 6.07) is 0. The van der Waals surface area contributed by atoms with Gasteiger partial charge in [-0.3, -0.25) is 14.4 Å². The quantitative estimate of drug-likeness (QED) is 0.211. The first-order chi connectivity index (χ1) is 12.8. The summed E-state index contributed by atoms with van der Waals surface area (Å²) in [5.41, 5.74) is 15.6. The van der Waals surface area contributed by atoms with E-state index in [2.05, 4.69) is 0 Å². The van der Waals surface area contributed by atoms with Crippen LogP contribution in [-0.2, 0) is 14.4 Å². The molecule has 0 atom stereocenters. The molecule has 0 aliphatic carbocycles. The lowest BCUT2D eigenvalue weighted by Gasteiger charge is -1.93. The monoisotopic (exact) mass is 411 g/mol. The number of carboxylic acid groups (broad SMARTS) is 3. The van der Waals surface area contributed by atoms with Crippen LogP contribution < -0.4 is 17.2 Å². The zero-order chi connectivity index (χ0) is 21.3. The zero-order valence-electron chi connectivity index (χ0n) is 16.9. The summed E-state index contributed by atoms with van der Waals surface area (Å²) in [5, 5.41) is 24.5. The Labute approximate surface area is 167 Å². The average molecular weight is 412 g/mol. The number of carbonyl (C=O) groups is 3. The van der Waals surface area contributed by atoms with E-state index in [-0.39, 0.29) is 24.7 Å². The number of unbranched alkanes of at least 4 members (excludes halogenated alkanes) is 6. The SMILES string of the molecule is NCCCCCC(=O)O.NCCCCCC(=O)O.NCCCCCC(=O)O.O. The van der Waals surface area contributed by atoms with Gasteiger partial charge in [0.25, 0.3) is 0 Å². The lowest BCUT2D eigenvalue weighted by atomic mass is 10.2. The Hall–Kier alpha value is -1.75. The first kappa shape index (κ1) is 33.8. The van der Waals surface area contributed by atoms with Gasteiger partial charge in [0, 0.05) is 19.3 Å². The molecule has 0 aliphatic rings. The van der Waals surface area contributed by atoms with E-state index in [1.807, 2.05) is 0 Å². The molecule has 170 valence electrons. The Kier molecular flexibility index (Phi) is 36.2. The largest absolute Gasteiger partial charge is 0.481 e. The molecule has 0 radical (unpaired) electrons. The number of carboxylic acids is 3. The minimum atomic E-state index is -0.716. The summed E-state index contributed by atoms with van der Waals surface area (Å²) in [7, 11) is 0. The molecule has 0 rings (SSSR count). The first-order valence-electron chi connectivity index (χ1n) is 9.57. The Morgan fingerprint density at radius 3 is 0.821 bits per heavy atom. The molecule has 0 amide bonds. The van der Waals surface area contributed by atoms with E-state index in [1.165, 1.54) is 0 Å². The maximum atomic E-state index is 9.93. The van der Waals surface area contributed by atoms with E-state index in [4.69, 9.17) is 32.5 Å². The van der Waals surface area contributed by atoms with Gasteiger partial charge >= 0.3 is 17.9 Å². The highest BCUT2D eigenvalue weighted by Crippen LogP contribution is 1.98. The van der Waals surface area contributed by atoms with Crippen LogP contribution in [0.3, 0.4) is 0 Å². The molecular weight excluding hydrogens is 370 g/mol. The van der Waals surface area contributed by atoms with Crippen molar-refractivity contribution in [2.75, 3.05) is 19.6 Å². The summed E-state index contributed by atoms with van der Waals surface area (Å²) in [5.74, 6) is -2.15. The molecule has 11 N–H and O–H groups in total. The Morgan fingerprint density at radius 1 is 0.464 bits per heavy atom. The molecule has 0 aromatic carbocycles. The number of aliphatic carboxylic acids is 3. The van der Waals surface area contributed by atoms with Crippen molar-refractivity contribution >= 4 is 17.9 Å². The number of hydrogen-bond acceptors (Lipinski definition) is 6. The molecule has 0 saturated carbocycles. The van der Waals surface area contributed by atoms with Gasteiger partial charge in [-0.05, 0) is 58.2 Å². The molecule has 28 heavy (non-hydrogen) atoms. The highest BCUT2D eigenvalue weighted by atomic mass is 16.4. The standard InChI is InChI=1S/3C6H13NO2.H2O/c3*7-5-3-1-2-4-6(8)9;/h3*1-5,7H2,(H,8,9);1H2. The molecule has 0 aromatic heterocycles. The Bertz CT molecular complexity index is 304. The van der Waals surface area contributed by atoms with Crippen molar-refractivity contribution in [3.63, 3.8) is 0 Å². The smallest absolute Gasteiger partial charge is 0.303 e. The molecule has 0 bridgehead atoms. The molecule has 0 aliphatic heterocycles. The van der Waals surface area contributed by atoms with Crippen LogP contribution in [0.2, 0.25) is 0 Å². The van der Waals surface area contributed by atoms with Gasteiger partial charge in [-0.25, -0.2) is 0 Å². The molecule has 10 nitrogen and oxygen atoms in total. The van der Waals surface area contributed by atoms with E-state index >= 15 is 0 Å².